The number of para-hydroxylation sites is 1. The molecule has 0 heterocycles. The molecular formula is C26H25NO3. The van der Waals surface area contributed by atoms with Crippen molar-refractivity contribution in [2.45, 2.75) is 20.0 Å². The molecule has 4 aromatic rings. The summed E-state index contributed by atoms with van der Waals surface area (Å²) in [6.45, 7) is 3.95. The first kappa shape index (κ1) is 19.6. The van der Waals surface area contributed by atoms with E-state index in [0.717, 1.165) is 22.3 Å². The average Bonchev–Trinajstić information content (AvgIpc) is 2.77. The van der Waals surface area contributed by atoms with Crippen LogP contribution in [-0.2, 0) is 0 Å². The van der Waals surface area contributed by atoms with Gasteiger partial charge in [0.15, 0.2) is 5.75 Å². The van der Waals surface area contributed by atoms with Crippen LogP contribution < -0.4 is 14.8 Å². The van der Waals surface area contributed by atoms with Crippen molar-refractivity contribution >= 4 is 22.1 Å². The van der Waals surface area contributed by atoms with E-state index in [2.05, 4.69) is 5.32 Å². The van der Waals surface area contributed by atoms with Gasteiger partial charge in [0.25, 0.3) is 0 Å². The van der Waals surface area contributed by atoms with Crippen LogP contribution in [0.1, 0.15) is 13.8 Å². The van der Waals surface area contributed by atoms with Crippen molar-refractivity contribution in [2.75, 3.05) is 12.4 Å². The van der Waals surface area contributed by atoms with Crippen LogP contribution in [0.5, 0.6) is 17.2 Å². The third kappa shape index (κ3) is 3.64. The van der Waals surface area contributed by atoms with Crippen molar-refractivity contribution in [1.29, 1.82) is 0 Å². The summed E-state index contributed by atoms with van der Waals surface area (Å²) in [5, 5.41) is 16.3. The van der Waals surface area contributed by atoms with E-state index in [4.69, 9.17) is 9.47 Å². The van der Waals surface area contributed by atoms with E-state index in [1.54, 1.807) is 7.11 Å². The first-order chi connectivity index (χ1) is 14.6. The fraction of sp³-hybridized carbons (Fsp3) is 0.154. The highest BCUT2D eigenvalue weighted by molar-refractivity contribution is 6.11. The minimum atomic E-state index is -0.0876. The lowest BCUT2D eigenvalue weighted by atomic mass is 9.95. The van der Waals surface area contributed by atoms with E-state index < -0.39 is 0 Å². The fourth-order valence-electron chi connectivity index (χ4n) is 3.65. The number of phenolic OH excluding ortho intramolecular Hbond substituents is 1. The standard InChI is InChI=1S/C26H25NO3/c1-17(2)30-26-22(18-11-6-4-7-12-18)25(28)20-15-10-16-21(29-3)23(20)24(26)27-19-13-8-5-9-14-19/h4-17,27-28H,1-3H3. The maximum Gasteiger partial charge on any atom is 0.155 e. The second-order valence-corrected chi connectivity index (χ2v) is 7.33. The zero-order valence-corrected chi connectivity index (χ0v) is 17.3. The Bertz CT molecular complexity index is 1160. The molecule has 0 aliphatic heterocycles. The van der Waals surface area contributed by atoms with Gasteiger partial charge < -0.3 is 19.9 Å². The van der Waals surface area contributed by atoms with Crippen molar-refractivity contribution in [3.05, 3.63) is 78.9 Å². The van der Waals surface area contributed by atoms with E-state index in [0.29, 0.717) is 22.4 Å². The van der Waals surface area contributed by atoms with Crippen LogP contribution >= 0.6 is 0 Å². The molecule has 0 unspecified atom stereocenters. The molecule has 30 heavy (non-hydrogen) atoms. The third-order valence-corrected chi connectivity index (χ3v) is 4.90. The number of phenols is 1. The van der Waals surface area contributed by atoms with Gasteiger partial charge in [-0.3, -0.25) is 0 Å². The lowest BCUT2D eigenvalue weighted by molar-refractivity contribution is 0.244. The lowest BCUT2D eigenvalue weighted by Gasteiger charge is -2.24. The van der Waals surface area contributed by atoms with Crippen LogP contribution in [0, 0.1) is 0 Å². The Hall–Kier alpha value is -3.66. The number of rotatable bonds is 6. The average molecular weight is 399 g/mol. The van der Waals surface area contributed by atoms with E-state index in [9.17, 15) is 5.11 Å². The first-order valence-electron chi connectivity index (χ1n) is 10.00. The normalized spacial score (nSPS) is 10.9. The van der Waals surface area contributed by atoms with Gasteiger partial charge in [0.2, 0.25) is 0 Å². The molecule has 0 saturated heterocycles. The van der Waals surface area contributed by atoms with Gasteiger partial charge in [-0.15, -0.1) is 0 Å². The quantitative estimate of drug-likeness (QED) is 0.352. The maximum atomic E-state index is 11.3. The summed E-state index contributed by atoms with van der Waals surface area (Å²) in [6.07, 6.45) is -0.0876. The molecule has 0 aromatic heterocycles. The minimum absolute atomic E-state index is 0.0876. The van der Waals surface area contributed by atoms with Crippen LogP contribution in [0.3, 0.4) is 0 Å². The molecule has 2 N–H and O–H groups in total. The van der Waals surface area contributed by atoms with Crippen molar-refractivity contribution in [2.24, 2.45) is 0 Å². The highest BCUT2D eigenvalue weighted by Gasteiger charge is 2.25. The molecule has 0 radical (unpaired) electrons. The molecule has 0 amide bonds. The summed E-state index contributed by atoms with van der Waals surface area (Å²) >= 11 is 0. The highest BCUT2D eigenvalue weighted by atomic mass is 16.5. The molecule has 0 atom stereocenters. The van der Waals surface area contributed by atoms with Crippen LogP contribution in [0.2, 0.25) is 0 Å². The number of hydrogen-bond acceptors (Lipinski definition) is 4. The van der Waals surface area contributed by atoms with Crippen molar-refractivity contribution in [3.63, 3.8) is 0 Å². The SMILES string of the molecule is COc1cccc2c(O)c(-c3ccccc3)c(OC(C)C)c(Nc3ccccc3)c12. The Kier molecular flexibility index (Phi) is 5.48. The summed E-state index contributed by atoms with van der Waals surface area (Å²) < 4.78 is 12.0. The largest absolute Gasteiger partial charge is 0.507 e. The van der Waals surface area contributed by atoms with Gasteiger partial charge in [0, 0.05) is 11.1 Å². The molecule has 0 bridgehead atoms. The fourth-order valence-corrected chi connectivity index (χ4v) is 3.65. The number of methoxy groups -OCH3 is 1. The van der Waals surface area contributed by atoms with Gasteiger partial charge in [-0.1, -0.05) is 60.7 Å². The number of anilines is 2. The Morgan fingerprint density at radius 3 is 2.13 bits per heavy atom. The molecule has 152 valence electrons. The molecule has 4 aromatic carbocycles. The van der Waals surface area contributed by atoms with Crippen molar-refractivity contribution in [1.82, 2.24) is 0 Å². The van der Waals surface area contributed by atoms with Crippen LogP contribution in [0.4, 0.5) is 11.4 Å². The van der Waals surface area contributed by atoms with Gasteiger partial charge in [-0.05, 0) is 37.6 Å². The number of fused-ring (bicyclic) bond motifs is 1. The van der Waals surface area contributed by atoms with E-state index >= 15 is 0 Å². The predicted molar refractivity (Wildman–Crippen MR) is 123 cm³/mol. The maximum absolute atomic E-state index is 11.3. The van der Waals surface area contributed by atoms with Gasteiger partial charge >= 0.3 is 0 Å². The van der Waals surface area contributed by atoms with Crippen molar-refractivity contribution < 1.29 is 14.6 Å². The van der Waals surface area contributed by atoms with Gasteiger partial charge in [0.1, 0.15) is 11.5 Å². The van der Waals surface area contributed by atoms with Gasteiger partial charge in [-0.25, -0.2) is 0 Å². The Morgan fingerprint density at radius 1 is 0.833 bits per heavy atom. The topological polar surface area (TPSA) is 50.7 Å². The molecule has 4 rings (SSSR count). The smallest absolute Gasteiger partial charge is 0.155 e. The minimum Gasteiger partial charge on any atom is -0.507 e. The lowest BCUT2D eigenvalue weighted by Crippen LogP contribution is -2.09. The number of ether oxygens (including phenoxy) is 2. The van der Waals surface area contributed by atoms with Crippen LogP contribution in [0.25, 0.3) is 21.9 Å². The second kappa shape index (κ2) is 8.37. The monoisotopic (exact) mass is 399 g/mol. The summed E-state index contributed by atoms with van der Waals surface area (Å²) in [4.78, 5) is 0. The third-order valence-electron chi connectivity index (χ3n) is 4.90. The number of nitrogens with one attached hydrogen (secondary N) is 1. The van der Waals surface area contributed by atoms with E-state index in [-0.39, 0.29) is 11.9 Å². The summed E-state index contributed by atoms with van der Waals surface area (Å²) in [7, 11) is 1.63. The molecule has 4 heteroatoms. The van der Waals surface area contributed by atoms with Crippen LogP contribution in [0.15, 0.2) is 78.9 Å². The van der Waals surface area contributed by atoms with Gasteiger partial charge in [0.05, 0.1) is 29.9 Å². The molecule has 4 nitrogen and oxygen atoms in total. The summed E-state index contributed by atoms with van der Waals surface area (Å²) in [5.41, 5.74) is 3.22. The Balaban J connectivity index is 2.11. The molecule has 0 spiro atoms. The molecule has 0 aliphatic rings. The predicted octanol–water partition coefficient (Wildman–Crippen LogP) is 6.75. The number of benzene rings is 4. The summed E-state index contributed by atoms with van der Waals surface area (Å²) in [6, 6.07) is 25.4. The molecular weight excluding hydrogens is 374 g/mol. The summed E-state index contributed by atoms with van der Waals surface area (Å²) in [5.74, 6) is 1.42. The Morgan fingerprint density at radius 2 is 1.50 bits per heavy atom. The van der Waals surface area contributed by atoms with E-state index in [1.807, 2.05) is 92.7 Å². The zero-order valence-electron chi connectivity index (χ0n) is 17.3. The Labute approximate surface area is 176 Å². The number of hydrogen-bond donors (Lipinski definition) is 2. The van der Waals surface area contributed by atoms with Gasteiger partial charge in [-0.2, -0.15) is 0 Å². The van der Waals surface area contributed by atoms with E-state index in [1.165, 1.54) is 0 Å². The number of aromatic hydroxyl groups is 1. The van der Waals surface area contributed by atoms with Crippen molar-refractivity contribution in [3.8, 4) is 28.4 Å². The van der Waals surface area contributed by atoms with Crippen LogP contribution in [-0.4, -0.2) is 18.3 Å². The first-order valence-corrected chi connectivity index (χ1v) is 10.00. The molecule has 0 fully saturated rings. The zero-order chi connectivity index (χ0) is 21.1. The molecule has 0 saturated carbocycles. The second-order valence-electron chi connectivity index (χ2n) is 7.33. The molecule has 0 aliphatic carbocycles. The highest BCUT2D eigenvalue weighted by Crippen LogP contribution is 2.52.